The van der Waals surface area contributed by atoms with Crippen LogP contribution >= 0.6 is 11.6 Å². The van der Waals surface area contributed by atoms with Gasteiger partial charge >= 0.3 is 6.18 Å². The van der Waals surface area contributed by atoms with E-state index in [4.69, 9.17) is 11.6 Å². The van der Waals surface area contributed by atoms with E-state index in [-0.39, 0.29) is 5.52 Å². The summed E-state index contributed by atoms with van der Waals surface area (Å²) in [5, 5.41) is 5.29. The molecule has 3 nitrogen and oxygen atoms in total. The summed E-state index contributed by atoms with van der Waals surface area (Å²) in [7, 11) is 0. The minimum Gasteiger partial charge on any atom is -0.381 e. The van der Waals surface area contributed by atoms with Gasteiger partial charge in [-0.1, -0.05) is 84.4 Å². The monoisotopic (exact) mass is 553 g/mol. The maximum absolute atomic E-state index is 13.9. The summed E-state index contributed by atoms with van der Waals surface area (Å²) in [6.07, 6.45) is -2.41. The first-order valence-corrected chi connectivity index (χ1v) is 13.1. The lowest BCUT2D eigenvalue weighted by molar-refractivity contribution is -0.136. The normalized spacial score (nSPS) is 11.7. The van der Waals surface area contributed by atoms with Crippen LogP contribution in [0, 0.1) is 0 Å². The molecule has 0 amide bonds. The SMILES string of the molecule is FC(F)(F)c1cccc2c(-c3cccc(NCc4cc5ccccc5nc4Cl)c3)c(Cc3ccccc3)cnc12. The summed E-state index contributed by atoms with van der Waals surface area (Å²) in [4.78, 5) is 8.80. The first-order chi connectivity index (χ1) is 19.4. The number of fused-ring (bicyclic) bond motifs is 2. The Kier molecular flexibility index (Phi) is 6.86. The molecule has 2 heterocycles. The highest BCUT2D eigenvalue weighted by molar-refractivity contribution is 6.30. The van der Waals surface area contributed by atoms with Crippen LogP contribution < -0.4 is 5.32 Å². The van der Waals surface area contributed by atoms with Gasteiger partial charge in [0.25, 0.3) is 0 Å². The van der Waals surface area contributed by atoms with Crippen LogP contribution in [-0.2, 0) is 19.1 Å². The van der Waals surface area contributed by atoms with E-state index in [0.29, 0.717) is 23.5 Å². The molecule has 0 aliphatic heterocycles. The predicted octanol–water partition coefficient (Wildman–Crippen LogP) is 9.33. The average Bonchev–Trinajstić information content (AvgIpc) is 2.96. The highest BCUT2D eigenvalue weighted by Gasteiger charge is 2.33. The molecule has 0 saturated heterocycles. The number of nitrogens with zero attached hydrogens (tertiary/aromatic N) is 2. The number of anilines is 1. The minimum absolute atomic E-state index is 0.0609. The van der Waals surface area contributed by atoms with E-state index in [1.165, 1.54) is 6.07 Å². The first kappa shape index (κ1) is 25.8. The molecule has 1 N–H and O–H groups in total. The molecule has 0 fully saturated rings. The molecule has 0 atom stereocenters. The highest BCUT2D eigenvalue weighted by atomic mass is 35.5. The molecule has 2 aromatic heterocycles. The van der Waals surface area contributed by atoms with Crippen LogP contribution in [0.5, 0.6) is 0 Å². The van der Waals surface area contributed by atoms with Crippen LogP contribution in [0.2, 0.25) is 5.15 Å². The third-order valence-electron chi connectivity index (χ3n) is 6.90. The Morgan fingerprint density at radius 3 is 2.38 bits per heavy atom. The Morgan fingerprint density at radius 2 is 1.55 bits per heavy atom. The number of benzene rings is 4. The van der Waals surface area contributed by atoms with Gasteiger partial charge in [-0.05, 0) is 59.0 Å². The molecule has 6 aromatic rings. The fraction of sp³-hybridized carbons (Fsp3) is 0.0909. The molecule has 6 rings (SSSR count). The van der Waals surface area contributed by atoms with Crippen LogP contribution in [0.3, 0.4) is 0 Å². The molecule has 198 valence electrons. The predicted molar refractivity (Wildman–Crippen MR) is 156 cm³/mol. The second-order valence-corrected chi connectivity index (χ2v) is 9.94. The zero-order valence-corrected chi connectivity index (χ0v) is 22.0. The lowest BCUT2D eigenvalue weighted by Crippen LogP contribution is -2.07. The second-order valence-electron chi connectivity index (χ2n) is 9.59. The zero-order valence-electron chi connectivity index (χ0n) is 21.2. The van der Waals surface area contributed by atoms with Gasteiger partial charge in [0.05, 0.1) is 16.6 Å². The van der Waals surface area contributed by atoms with E-state index in [2.05, 4.69) is 15.3 Å². The van der Waals surface area contributed by atoms with E-state index >= 15 is 0 Å². The number of alkyl halides is 3. The van der Waals surface area contributed by atoms with Gasteiger partial charge in [0.15, 0.2) is 0 Å². The smallest absolute Gasteiger partial charge is 0.381 e. The van der Waals surface area contributed by atoms with E-state index < -0.39 is 11.7 Å². The number of aromatic nitrogens is 2. The summed E-state index contributed by atoms with van der Waals surface area (Å²) in [6, 6.07) is 31.5. The molecule has 0 saturated carbocycles. The van der Waals surface area contributed by atoms with E-state index in [0.717, 1.165) is 50.5 Å². The van der Waals surface area contributed by atoms with Crippen molar-refractivity contribution in [1.82, 2.24) is 9.97 Å². The molecule has 0 bridgehead atoms. The van der Waals surface area contributed by atoms with Crippen molar-refractivity contribution >= 4 is 39.1 Å². The van der Waals surface area contributed by atoms with Gasteiger partial charge in [-0.25, -0.2) is 4.98 Å². The van der Waals surface area contributed by atoms with Crippen molar-refractivity contribution in [2.75, 3.05) is 5.32 Å². The quantitative estimate of drug-likeness (QED) is 0.209. The standard InChI is InChI=1S/C33H23ClF3N3/c34-32-25(17-22-10-4-5-15-29(22)40-32)20-38-26-12-6-11-23(18-26)30-24(16-21-8-2-1-3-9-21)19-39-31-27(30)13-7-14-28(31)33(35,36)37/h1-15,17-19,38H,16,20H2. The topological polar surface area (TPSA) is 37.8 Å². The summed E-state index contributed by atoms with van der Waals surface area (Å²) < 4.78 is 41.7. The number of halogens is 4. The zero-order chi connectivity index (χ0) is 27.7. The van der Waals surface area contributed by atoms with Crippen molar-refractivity contribution < 1.29 is 13.2 Å². The van der Waals surface area contributed by atoms with Crippen LogP contribution in [-0.4, -0.2) is 9.97 Å². The van der Waals surface area contributed by atoms with Crippen molar-refractivity contribution in [1.29, 1.82) is 0 Å². The van der Waals surface area contributed by atoms with E-state index in [1.807, 2.05) is 84.9 Å². The largest absolute Gasteiger partial charge is 0.418 e. The number of rotatable bonds is 6. The fourth-order valence-electron chi connectivity index (χ4n) is 5.03. The first-order valence-electron chi connectivity index (χ1n) is 12.8. The Morgan fingerprint density at radius 1 is 0.775 bits per heavy atom. The number of pyridine rings is 2. The molecular weight excluding hydrogens is 531 g/mol. The minimum atomic E-state index is -4.51. The Labute approximate surface area is 234 Å². The average molecular weight is 554 g/mol. The molecule has 0 unspecified atom stereocenters. The van der Waals surface area contributed by atoms with Crippen molar-refractivity contribution in [3.8, 4) is 11.1 Å². The van der Waals surface area contributed by atoms with Crippen molar-refractivity contribution in [3.05, 3.63) is 137 Å². The maximum Gasteiger partial charge on any atom is 0.418 e. The molecule has 0 aliphatic carbocycles. The van der Waals surface area contributed by atoms with Crippen molar-refractivity contribution in [2.24, 2.45) is 0 Å². The highest BCUT2D eigenvalue weighted by Crippen LogP contribution is 2.39. The van der Waals surface area contributed by atoms with Gasteiger partial charge < -0.3 is 5.32 Å². The van der Waals surface area contributed by atoms with Gasteiger partial charge in [-0.3, -0.25) is 4.98 Å². The molecule has 0 aliphatic rings. The van der Waals surface area contributed by atoms with Crippen LogP contribution in [0.15, 0.2) is 109 Å². The Bertz CT molecular complexity index is 1840. The van der Waals surface area contributed by atoms with Gasteiger partial charge in [-0.2, -0.15) is 13.2 Å². The summed E-state index contributed by atoms with van der Waals surface area (Å²) in [6.45, 7) is 0.437. The number of para-hydroxylation sites is 2. The van der Waals surface area contributed by atoms with Crippen LogP contribution in [0.25, 0.3) is 32.9 Å². The molecule has 0 radical (unpaired) electrons. The molecular formula is C33H23ClF3N3. The summed E-state index contributed by atoms with van der Waals surface area (Å²) in [5.41, 5.74) is 5.09. The summed E-state index contributed by atoms with van der Waals surface area (Å²) in [5.74, 6) is 0. The lowest BCUT2D eigenvalue weighted by Gasteiger charge is -2.17. The van der Waals surface area contributed by atoms with Gasteiger partial charge in [0, 0.05) is 34.8 Å². The van der Waals surface area contributed by atoms with Gasteiger partial charge in [0.2, 0.25) is 0 Å². The third kappa shape index (κ3) is 5.23. The number of hydrogen-bond acceptors (Lipinski definition) is 3. The van der Waals surface area contributed by atoms with Crippen molar-refractivity contribution in [2.45, 2.75) is 19.1 Å². The second kappa shape index (κ2) is 10.6. The fourth-order valence-corrected chi connectivity index (χ4v) is 5.24. The van der Waals surface area contributed by atoms with Crippen molar-refractivity contribution in [3.63, 3.8) is 0 Å². The molecule has 7 heteroatoms. The van der Waals surface area contributed by atoms with Crippen LogP contribution in [0.4, 0.5) is 18.9 Å². The Hall–Kier alpha value is -4.42. The Balaban J connectivity index is 1.41. The van der Waals surface area contributed by atoms with Gasteiger partial charge in [0.1, 0.15) is 5.15 Å². The van der Waals surface area contributed by atoms with Crippen LogP contribution in [0.1, 0.15) is 22.3 Å². The van der Waals surface area contributed by atoms with E-state index in [1.54, 1.807) is 12.3 Å². The lowest BCUT2D eigenvalue weighted by atomic mass is 9.91. The number of nitrogens with one attached hydrogen (secondary N) is 1. The third-order valence-corrected chi connectivity index (χ3v) is 7.23. The molecule has 4 aromatic carbocycles. The maximum atomic E-state index is 13.9. The van der Waals surface area contributed by atoms with Gasteiger partial charge in [-0.15, -0.1) is 0 Å². The van der Waals surface area contributed by atoms with E-state index in [9.17, 15) is 13.2 Å². The molecule has 40 heavy (non-hydrogen) atoms. The summed E-state index contributed by atoms with van der Waals surface area (Å²) >= 11 is 6.46. The molecule has 0 spiro atoms. The number of hydrogen-bond donors (Lipinski definition) is 1.